The number of carbonyl (C=O) groups is 3. The molecule has 0 unspecified atom stereocenters. The van der Waals surface area contributed by atoms with Crippen LogP contribution in [0.5, 0.6) is 0 Å². The zero-order valence-corrected chi connectivity index (χ0v) is 12.1. The normalized spacial score (nSPS) is 9.80. The molecule has 1 aromatic heterocycles. The first-order chi connectivity index (χ1) is 9.51. The van der Waals surface area contributed by atoms with E-state index in [1.165, 1.54) is 17.4 Å². The second-order valence-corrected chi connectivity index (χ2v) is 5.59. The zero-order chi connectivity index (χ0) is 15.0. The van der Waals surface area contributed by atoms with E-state index in [2.05, 4.69) is 22.2 Å². The Balaban J connectivity index is 2.33. The van der Waals surface area contributed by atoms with Gasteiger partial charge in [-0.1, -0.05) is 17.8 Å². The van der Waals surface area contributed by atoms with Crippen molar-refractivity contribution in [2.45, 2.75) is 10.8 Å². The Labute approximate surface area is 123 Å². The lowest BCUT2D eigenvalue weighted by Crippen LogP contribution is -2.40. The number of nitrogens with one attached hydrogen (secondary N) is 2. The predicted molar refractivity (Wildman–Crippen MR) is 75.9 cm³/mol. The number of amides is 3. The molecule has 3 amide bonds. The third-order valence-corrected chi connectivity index (χ3v) is 3.92. The first-order valence-electron chi connectivity index (χ1n) is 5.49. The Morgan fingerprint density at radius 3 is 2.90 bits per heavy atom. The minimum Gasteiger partial charge on any atom is -0.481 e. The van der Waals surface area contributed by atoms with Crippen LogP contribution in [0.4, 0.5) is 4.79 Å². The molecule has 0 saturated heterocycles. The summed E-state index contributed by atoms with van der Waals surface area (Å²) in [6, 6.07) is -0.582. The minimum absolute atomic E-state index is 0.0293. The Morgan fingerprint density at radius 1 is 1.50 bits per heavy atom. The number of carboxylic acids is 1. The number of carboxylic acid groups (broad SMARTS) is 1. The van der Waals surface area contributed by atoms with Crippen molar-refractivity contribution < 1.29 is 19.5 Å². The van der Waals surface area contributed by atoms with E-state index < -0.39 is 17.9 Å². The number of urea groups is 1. The first-order valence-corrected chi connectivity index (χ1v) is 7.35. The van der Waals surface area contributed by atoms with Crippen LogP contribution in [0.1, 0.15) is 5.69 Å². The van der Waals surface area contributed by atoms with E-state index in [4.69, 9.17) is 5.11 Å². The number of thiazole rings is 1. The maximum atomic E-state index is 11.4. The number of carbonyl (C=O) groups excluding carboxylic acids is 2. The van der Waals surface area contributed by atoms with E-state index in [9.17, 15) is 14.4 Å². The van der Waals surface area contributed by atoms with Crippen LogP contribution >= 0.6 is 23.1 Å². The van der Waals surface area contributed by atoms with Crippen molar-refractivity contribution in [1.29, 1.82) is 0 Å². The summed E-state index contributed by atoms with van der Waals surface area (Å²) in [5, 5.41) is 14.8. The van der Waals surface area contributed by atoms with Gasteiger partial charge < -0.3 is 10.4 Å². The maximum absolute atomic E-state index is 11.4. The van der Waals surface area contributed by atoms with Gasteiger partial charge in [-0.25, -0.2) is 9.78 Å². The molecule has 7 nitrogen and oxygen atoms in total. The summed E-state index contributed by atoms with van der Waals surface area (Å²) in [6.07, 6.45) is 1.35. The number of imide groups is 1. The lowest BCUT2D eigenvalue weighted by molar-refractivity contribution is -0.136. The van der Waals surface area contributed by atoms with Gasteiger partial charge in [0.2, 0.25) is 5.91 Å². The predicted octanol–water partition coefficient (Wildman–Crippen LogP) is 0.874. The number of hydrogen-bond acceptors (Lipinski definition) is 6. The standard InChI is InChI=1S/C11H13N3O4S2/c1-2-3-12-10(18)14-8(15)6-20-11-13-7(5-19-11)4-9(16)17/h2,5H,1,3-4,6H2,(H,16,17)(H2,12,14,15,18). The Morgan fingerprint density at radius 2 is 2.25 bits per heavy atom. The number of rotatable bonds is 7. The number of aromatic nitrogens is 1. The fourth-order valence-electron chi connectivity index (χ4n) is 1.09. The second kappa shape index (κ2) is 8.33. The molecule has 1 aromatic rings. The lowest BCUT2D eigenvalue weighted by atomic mass is 10.3. The molecule has 108 valence electrons. The number of hydrogen-bond donors (Lipinski definition) is 3. The summed E-state index contributed by atoms with van der Waals surface area (Å²) >= 11 is 2.41. The Kier molecular flexibility index (Phi) is 6.74. The minimum atomic E-state index is -0.955. The van der Waals surface area contributed by atoms with Crippen molar-refractivity contribution in [3.8, 4) is 0 Å². The van der Waals surface area contributed by atoms with Gasteiger partial charge >= 0.3 is 12.0 Å². The molecule has 9 heteroatoms. The second-order valence-electron chi connectivity index (χ2n) is 3.51. The van der Waals surface area contributed by atoms with Gasteiger partial charge in [0.15, 0.2) is 4.34 Å². The van der Waals surface area contributed by atoms with Crippen LogP contribution in [-0.2, 0) is 16.0 Å². The van der Waals surface area contributed by atoms with Crippen LogP contribution in [0.25, 0.3) is 0 Å². The number of nitrogens with zero attached hydrogens (tertiary/aromatic N) is 1. The van der Waals surface area contributed by atoms with Crippen LogP contribution in [0.2, 0.25) is 0 Å². The highest BCUT2D eigenvalue weighted by molar-refractivity contribution is 8.01. The van der Waals surface area contributed by atoms with Crippen molar-refractivity contribution in [3.05, 3.63) is 23.7 Å². The summed E-state index contributed by atoms with van der Waals surface area (Å²) in [6.45, 7) is 3.71. The molecular weight excluding hydrogens is 302 g/mol. The van der Waals surface area contributed by atoms with E-state index in [1.54, 1.807) is 5.38 Å². The summed E-state index contributed by atoms with van der Waals surface area (Å²) in [5.41, 5.74) is 0.453. The van der Waals surface area contributed by atoms with Crippen LogP contribution in [0, 0.1) is 0 Å². The summed E-state index contributed by atoms with van der Waals surface area (Å²) in [4.78, 5) is 37.2. The molecule has 0 aliphatic rings. The van der Waals surface area contributed by atoms with Crippen molar-refractivity contribution in [2.24, 2.45) is 0 Å². The molecule has 0 radical (unpaired) electrons. The number of aliphatic carboxylic acids is 1. The highest BCUT2D eigenvalue weighted by Gasteiger charge is 2.10. The summed E-state index contributed by atoms with van der Waals surface area (Å²) < 4.78 is 0.586. The molecule has 0 aliphatic carbocycles. The molecule has 1 heterocycles. The average Bonchev–Trinajstić information content (AvgIpc) is 2.80. The Hall–Kier alpha value is -1.87. The van der Waals surface area contributed by atoms with Gasteiger partial charge in [-0.2, -0.15) is 0 Å². The molecule has 0 aliphatic heterocycles. The monoisotopic (exact) mass is 315 g/mol. The fraction of sp³-hybridized carbons (Fsp3) is 0.273. The van der Waals surface area contributed by atoms with Crippen LogP contribution in [0.15, 0.2) is 22.4 Å². The van der Waals surface area contributed by atoms with Gasteiger partial charge in [0.05, 0.1) is 17.9 Å². The van der Waals surface area contributed by atoms with Crippen molar-refractivity contribution in [2.75, 3.05) is 12.3 Å². The van der Waals surface area contributed by atoms with E-state index in [0.717, 1.165) is 11.8 Å². The molecule has 0 aromatic carbocycles. The molecule has 20 heavy (non-hydrogen) atoms. The first kappa shape index (κ1) is 16.2. The maximum Gasteiger partial charge on any atom is 0.321 e. The van der Waals surface area contributed by atoms with Crippen molar-refractivity contribution >= 4 is 41.0 Å². The van der Waals surface area contributed by atoms with Gasteiger partial charge in [-0.15, -0.1) is 17.9 Å². The van der Waals surface area contributed by atoms with Gasteiger partial charge in [0.25, 0.3) is 0 Å². The molecule has 0 saturated carbocycles. The lowest BCUT2D eigenvalue weighted by Gasteiger charge is -2.03. The van der Waals surface area contributed by atoms with Gasteiger partial charge in [-0.3, -0.25) is 14.9 Å². The van der Waals surface area contributed by atoms with Gasteiger partial charge in [0.1, 0.15) is 0 Å². The smallest absolute Gasteiger partial charge is 0.321 e. The topological polar surface area (TPSA) is 108 Å². The molecule has 1 rings (SSSR count). The number of thioether (sulfide) groups is 1. The third kappa shape index (κ3) is 6.34. The van der Waals surface area contributed by atoms with Gasteiger partial charge in [0, 0.05) is 11.9 Å². The van der Waals surface area contributed by atoms with Crippen LogP contribution < -0.4 is 10.6 Å². The highest BCUT2D eigenvalue weighted by Crippen LogP contribution is 2.22. The SMILES string of the molecule is C=CCNC(=O)NC(=O)CSc1nc(CC(=O)O)cs1. The average molecular weight is 315 g/mol. The van der Waals surface area contributed by atoms with E-state index >= 15 is 0 Å². The van der Waals surface area contributed by atoms with E-state index in [-0.39, 0.29) is 18.7 Å². The third-order valence-electron chi connectivity index (χ3n) is 1.85. The summed E-state index contributed by atoms with van der Waals surface area (Å²) in [5.74, 6) is -1.38. The molecule has 0 atom stereocenters. The Bertz CT molecular complexity index is 516. The van der Waals surface area contributed by atoms with Crippen molar-refractivity contribution in [1.82, 2.24) is 15.6 Å². The molecule has 3 N–H and O–H groups in total. The van der Waals surface area contributed by atoms with E-state index in [1.807, 2.05) is 0 Å². The molecular formula is C11H13N3O4S2. The molecule has 0 bridgehead atoms. The van der Waals surface area contributed by atoms with Crippen LogP contribution in [-0.4, -0.2) is 40.3 Å². The van der Waals surface area contributed by atoms with Crippen LogP contribution in [0.3, 0.4) is 0 Å². The fourth-order valence-corrected chi connectivity index (χ4v) is 2.73. The van der Waals surface area contributed by atoms with E-state index in [0.29, 0.717) is 10.0 Å². The quantitative estimate of drug-likeness (QED) is 0.509. The zero-order valence-electron chi connectivity index (χ0n) is 10.4. The molecule has 0 spiro atoms. The van der Waals surface area contributed by atoms with Crippen molar-refractivity contribution in [3.63, 3.8) is 0 Å². The summed E-state index contributed by atoms with van der Waals surface area (Å²) in [7, 11) is 0. The molecule has 0 fully saturated rings. The highest BCUT2D eigenvalue weighted by atomic mass is 32.2. The largest absolute Gasteiger partial charge is 0.481 e. The van der Waals surface area contributed by atoms with Gasteiger partial charge in [-0.05, 0) is 0 Å².